The molecular weight excluding hydrogens is 338 g/mol. The molecule has 2 atom stereocenters. The molecule has 0 unspecified atom stereocenters. The summed E-state index contributed by atoms with van der Waals surface area (Å²) < 4.78 is 6.16. The first-order valence-electron chi connectivity index (χ1n) is 10.7. The second kappa shape index (κ2) is 8.72. The number of nitrogens with zero attached hydrogens (tertiary/aromatic N) is 3. The SMILES string of the molecule is CCN1CCN(C(=O)[C@@H]2OCCN(C3CCCC3)[C@H]2c2ccccc2)CC1. The average Bonchev–Trinajstić information content (AvgIpc) is 3.28. The van der Waals surface area contributed by atoms with Gasteiger partial charge in [0.15, 0.2) is 6.10 Å². The summed E-state index contributed by atoms with van der Waals surface area (Å²) in [5, 5.41) is 0. The van der Waals surface area contributed by atoms with Crippen LogP contribution in [0, 0.1) is 0 Å². The Labute approximate surface area is 163 Å². The summed E-state index contributed by atoms with van der Waals surface area (Å²) in [5.74, 6) is 0.183. The average molecular weight is 372 g/mol. The predicted octanol–water partition coefficient (Wildman–Crippen LogP) is 2.54. The minimum atomic E-state index is -0.380. The largest absolute Gasteiger partial charge is 0.365 e. The van der Waals surface area contributed by atoms with Crippen LogP contribution in [-0.4, -0.2) is 78.6 Å². The fourth-order valence-corrected chi connectivity index (χ4v) is 5.02. The Hall–Kier alpha value is -1.43. The van der Waals surface area contributed by atoms with E-state index in [0.29, 0.717) is 12.6 Å². The van der Waals surface area contributed by atoms with Gasteiger partial charge in [0.2, 0.25) is 0 Å². The van der Waals surface area contributed by atoms with Crippen LogP contribution in [-0.2, 0) is 9.53 Å². The van der Waals surface area contributed by atoms with E-state index >= 15 is 0 Å². The number of hydrogen-bond acceptors (Lipinski definition) is 4. The highest BCUT2D eigenvalue weighted by Crippen LogP contribution is 2.37. The molecule has 0 aromatic heterocycles. The Morgan fingerprint density at radius 3 is 2.41 bits per heavy atom. The lowest BCUT2D eigenvalue weighted by atomic mass is 9.94. The summed E-state index contributed by atoms with van der Waals surface area (Å²) in [6.45, 7) is 8.41. The van der Waals surface area contributed by atoms with Gasteiger partial charge in [-0.3, -0.25) is 9.69 Å². The number of likely N-dealkylation sites (N-methyl/N-ethyl adjacent to an activating group) is 1. The van der Waals surface area contributed by atoms with Gasteiger partial charge in [-0.1, -0.05) is 50.1 Å². The van der Waals surface area contributed by atoms with Gasteiger partial charge in [-0.25, -0.2) is 0 Å². The molecule has 1 saturated carbocycles. The van der Waals surface area contributed by atoms with Gasteiger partial charge in [0.25, 0.3) is 5.91 Å². The number of hydrogen-bond donors (Lipinski definition) is 0. The summed E-state index contributed by atoms with van der Waals surface area (Å²) in [7, 11) is 0. The standard InChI is InChI=1S/C22H33N3O2/c1-2-23-12-14-24(15-13-23)22(26)21-20(18-8-4-3-5-9-18)25(16-17-27-21)19-10-6-7-11-19/h3-5,8-9,19-21H,2,6-7,10-17H2,1H3/t20-,21+/m0/s1. The van der Waals surface area contributed by atoms with Crippen molar-refractivity contribution in [1.82, 2.24) is 14.7 Å². The predicted molar refractivity (Wildman–Crippen MR) is 107 cm³/mol. The first kappa shape index (κ1) is 18.9. The second-order valence-corrected chi connectivity index (χ2v) is 8.08. The van der Waals surface area contributed by atoms with Gasteiger partial charge in [0.1, 0.15) is 0 Å². The molecule has 0 bridgehead atoms. The lowest BCUT2D eigenvalue weighted by molar-refractivity contribution is -0.160. The Morgan fingerprint density at radius 1 is 1.04 bits per heavy atom. The van der Waals surface area contributed by atoms with Crippen LogP contribution in [0.1, 0.15) is 44.2 Å². The maximum atomic E-state index is 13.4. The fourth-order valence-electron chi connectivity index (χ4n) is 5.02. The van der Waals surface area contributed by atoms with Crippen molar-refractivity contribution in [2.75, 3.05) is 45.9 Å². The van der Waals surface area contributed by atoms with Crippen molar-refractivity contribution in [1.29, 1.82) is 0 Å². The molecule has 2 aliphatic heterocycles. The monoisotopic (exact) mass is 371 g/mol. The van der Waals surface area contributed by atoms with Gasteiger partial charge < -0.3 is 14.5 Å². The molecule has 5 heteroatoms. The van der Waals surface area contributed by atoms with E-state index in [1.54, 1.807) is 0 Å². The van der Waals surface area contributed by atoms with Gasteiger partial charge in [-0.2, -0.15) is 0 Å². The Bertz CT molecular complexity index is 609. The van der Waals surface area contributed by atoms with E-state index < -0.39 is 0 Å². The van der Waals surface area contributed by atoms with Crippen LogP contribution in [0.3, 0.4) is 0 Å². The van der Waals surface area contributed by atoms with E-state index in [-0.39, 0.29) is 18.1 Å². The van der Waals surface area contributed by atoms with Crippen LogP contribution < -0.4 is 0 Å². The van der Waals surface area contributed by atoms with Crippen LogP contribution in [0.5, 0.6) is 0 Å². The highest BCUT2D eigenvalue weighted by Gasteiger charge is 2.43. The van der Waals surface area contributed by atoms with Gasteiger partial charge in [0.05, 0.1) is 12.6 Å². The van der Waals surface area contributed by atoms with Crippen LogP contribution in [0.4, 0.5) is 0 Å². The molecule has 1 aromatic rings. The van der Waals surface area contributed by atoms with Crippen LogP contribution >= 0.6 is 0 Å². The molecule has 5 nitrogen and oxygen atoms in total. The molecule has 4 rings (SSSR count). The number of morpholine rings is 1. The summed E-state index contributed by atoms with van der Waals surface area (Å²) in [4.78, 5) is 20.5. The quantitative estimate of drug-likeness (QED) is 0.815. The zero-order valence-corrected chi connectivity index (χ0v) is 16.6. The van der Waals surface area contributed by atoms with Gasteiger partial charge >= 0.3 is 0 Å². The number of ether oxygens (including phenoxy) is 1. The molecule has 0 spiro atoms. The molecule has 2 saturated heterocycles. The zero-order chi connectivity index (χ0) is 18.6. The lowest BCUT2D eigenvalue weighted by Crippen LogP contribution is -2.58. The number of carbonyl (C=O) groups is 1. The van der Waals surface area contributed by atoms with Crippen molar-refractivity contribution < 1.29 is 9.53 Å². The second-order valence-electron chi connectivity index (χ2n) is 8.08. The number of rotatable bonds is 4. The van der Waals surface area contributed by atoms with Gasteiger partial charge in [0, 0.05) is 38.8 Å². The number of amides is 1. The van der Waals surface area contributed by atoms with Gasteiger partial charge in [-0.15, -0.1) is 0 Å². The van der Waals surface area contributed by atoms with Gasteiger partial charge in [-0.05, 0) is 24.9 Å². The van der Waals surface area contributed by atoms with Crippen molar-refractivity contribution in [3.05, 3.63) is 35.9 Å². The molecule has 1 aliphatic carbocycles. The zero-order valence-electron chi connectivity index (χ0n) is 16.6. The number of carbonyl (C=O) groups excluding carboxylic acids is 1. The minimum absolute atomic E-state index is 0.0414. The smallest absolute Gasteiger partial charge is 0.253 e. The van der Waals surface area contributed by atoms with E-state index in [2.05, 4.69) is 41.0 Å². The maximum absolute atomic E-state index is 13.4. The summed E-state index contributed by atoms with van der Waals surface area (Å²) in [6, 6.07) is 11.2. The summed E-state index contributed by atoms with van der Waals surface area (Å²) >= 11 is 0. The molecule has 3 aliphatic rings. The Kier molecular flexibility index (Phi) is 6.11. The lowest BCUT2D eigenvalue weighted by Gasteiger charge is -2.46. The van der Waals surface area contributed by atoms with Crippen LogP contribution in [0.2, 0.25) is 0 Å². The molecule has 3 fully saturated rings. The van der Waals surface area contributed by atoms with E-state index in [9.17, 15) is 4.79 Å². The van der Waals surface area contributed by atoms with E-state index in [0.717, 1.165) is 39.3 Å². The molecule has 148 valence electrons. The highest BCUT2D eigenvalue weighted by molar-refractivity contribution is 5.82. The van der Waals surface area contributed by atoms with Crippen molar-refractivity contribution in [3.8, 4) is 0 Å². The minimum Gasteiger partial charge on any atom is -0.365 e. The third kappa shape index (κ3) is 4.05. The molecule has 0 radical (unpaired) electrons. The fraction of sp³-hybridized carbons (Fsp3) is 0.682. The highest BCUT2D eigenvalue weighted by atomic mass is 16.5. The van der Waals surface area contributed by atoms with Crippen molar-refractivity contribution in [3.63, 3.8) is 0 Å². The summed E-state index contributed by atoms with van der Waals surface area (Å²) in [6.07, 6.45) is 4.73. The van der Waals surface area contributed by atoms with E-state index in [1.807, 2.05) is 11.0 Å². The van der Waals surface area contributed by atoms with Crippen molar-refractivity contribution in [2.24, 2.45) is 0 Å². The van der Waals surface area contributed by atoms with Crippen LogP contribution in [0.25, 0.3) is 0 Å². The normalized spacial score (nSPS) is 28.6. The first-order valence-corrected chi connectivity index (χ1v) is 10.7. The molecule has 2 heterocycles. The van der Waals surface area contributed by atoms with Crippen molar-refractivity contribution >= 4 is 5.91 Å². The molecule has 27 heavy (non-hydrogen) atoms. The van der Waals surface area contributed by atoms with E-state index in [1.165, 1.54) is 31.2 Å². The Morgan fingerprint density at radius 2 is 1.74 bits per heavy atom. The molecular formula is C22H33N3O2. The van der Waals surface area contributed by atoms with Crippen molar-refractivity contribution in [2.45, 2.75) is 50.8 Å². The third-order valence-electron chi connectivity index (χ3n) is 6.60. The number of benzene rings is 1. The summed E-state index contributed by atoms with van der Waals surface area (Å²) in [5.41, 5.74) is 1.22. The van der Waals surface area contributed by atoms with E-state index in [4.69, 9.17) is 4.74 Å². The molecule has 1 aromatic carbocycles. The third-order valence-corrected chi connectivity index (χ3v) is 6.60. The van der Waals surface area contributed by atoms with Crippen LogP contribution in [0.15, 0.2) is 30.3 Å². The first-order chi connectivity index (χ1) is 13.3. The Balaban J connectivity index is 1.56. The number of piperazine rings is 1. The maximum Gasteiger partial charge on any atom is 0.253 e. The molecule has 0 N–H and O–H groups in total. The molecule has 1 amide bonds. The topological polar surface area (TPSA) is 36.0 Å².